The van der Waals surface area contributed by atoms with E-state index in [2.05, 4.69) is 177 Å². The second-order valence-corrected chi connectivity index (χ2v) is 27.4. The number of nitrogens with one attached hydrogen (secondary N) is 1. The molecule has 0 aromatic carbocycles. The van der Waals surface area contributed by atoms with Crippen molar-refractivity contribution in [2.24, 2.45) is 0 Å². The largest absolute Gasteiger partial charge is 0.394 e. The van der Waals surface area contributed by atoms with Crippen LogP contribution in [0, 0.1) is 0 Å². The first-order chi connectivity index (χ1) is 51.3. The van der Waals surface area contributed by atoms with Crippen LogP contribution in [0.2, 0.25) is 0 Å². The summed E-state index contributed by atoms with van der Waals surface area (Å²) in [6, 6.07) is -1.02. The van der Waals surface area contributed by atoms with E-state index in [9.17, 15) is 61.0 Å². The van der Waals surface area contributed by atoms with E-state index >= 15 is 0 Å². The van der Waals surface area contributed by atoms with Crippen LogP contribution in [0.3, 0.4) is 0 Å². The summed E-state index contributed by atoms with van der Waals surface area (Å²) in [5, 5.41) is 121. The first-order valence-corrected chi connectivity index (χ1v) is 39.9. The monoisotopic (exact) mass is 1470 g/mol. The number of ether oxygens (including phenoxy) is 6. The van der Waals surface area contributed by atoms with Crippen LogP contribution in [0.25, 0.3) is 0 Å². The number of carbonyl (C=O) groups is 1. The van der Waals surface area contributed by atoms with Crippen molar-refractivity contribution >= 4 is 5.91 Å². The van der Waals surface area contributed by atoms with Gasteiger partial charge >= 0.3 is 0 Å². The standard InChI is InChI=1S/C86H139NO18/c1-3-5-7-9-11-13-15-17-19-21-23-24-25-26-27-28-29-30-31-32-33-34-35-36-37-38-39-40-41-42-43-44-46-48-50-52-54-56-58-60-62-64-74(92)87-69(70(91)63-61-59-57-55-53-51-49-47-45-22-20-18-16-14-12-10-8-6-4-2)68-100-84-80(98)77(95)82(72(66-89)102-84)105-86-81(99)78(96)83(73(67-90)103-86)104-85-79(97)76(94)75(93)71(65-88)101-85/h5,7,11,13,17,19,23-24,26-27,29-30,32-33,35-36,38-39,41-42,44-47,53,55,61,63,69-73,75-86,88-91,93-99H,3-4,6,8-10,12,14-16,18,20-22,25,28,31,34,37,40,43,48-52,54,56-60,62,64-68H2,1-2H3,(H,87,92)/b7-5-,13-11-,19-17-,24-23-,27-26-,30-29-,33-32-,36-35-,39-38-,42-41-,46-44-,47-45+,55-53+,63-61+. The number of unbranched alkanes of at least 4 members (excludes halogenated alkanes) is 18. The maximum Gasteiger partial charge on any atom is 0.220 e. The Morgan fingerprint density at radius 2 is 0.667 bits per heavy atom. The summed E-state index contributed by atoms with van der Waals surface area (Å²) in [6.45, 7) is 1.56. The van der Waals surface area contributed by atoms with Crippen LogP contribution in [0.15, 0.2) is 170 Å². The number of aliphatic hydroxyl groups is 11. The zero-order chi connectivity index (χ0) is 76.0. The molecular weight excluding hydrogens is 1330 g/mol. The summed E-state index contributed by atoms with van der Waals surface area (Å²) in [4.78, 5) is 13.5. The van der Waals surface area contributed by atoms with Crippen molar-refractivity contribution in [3.05, 3.63) is 170 Å². The average Bonchev–Trinajstić information content (AvgIpc) is 0.781. The van der Waals surface area contributed by atoms with Gasteiger partial charge in [-0.05, 0) is 128 Å². The van der Waals surface area contributed by atoms with E-state index in [1.165, 1.54) is 57.8 Å². The fourth-order valence-corrected chi connectivity index (χ4v) is 12.1. The van der Waals surface area contributed by atoms with E-state index < -0.39 is 124 Å². The summed E-state index contributed by atoms with van der Waals surface area (Å²) in [5.41, 5.74) is 0. The minimum atomic E-state index is -1.99. The Bertz CT molecular complexity index is 2570. The Hall–Kier alpha value is -4.85. The number of hydrogen-bond donors (Lipinski definition) is 12. The molecular formula is C86H139NO18. The lowest BCUT2D eigenvalue weighted by Gasteiger charge is -2.48. The molecule has 0 radical (unpaired) electrons. The van der Waals surface area contributed by atoms with Crippen LogP contribution in [-0.2, 0) is 33.2 Å². The fourth-order valence-electron chi connectivity index (χ4n) is 12.1. The molecule has 3 saturated heterocycles. The number of amides is 1. The van der Waals surface area contributed by atoms with Gasteiger partial charge in [0.05, 0.1) is 38.6 Å². The van der Waals surface area contributed by atoms with E-state index in [1.54, 1.807) is 6.08 Å². The molecule has 19 heteroatoms. The van der Waals surface area contributed by atoms with Crippen molar-refractivity contribution in [1.29, 1.82) is 0 Å². The van der Waals surface area contributed by atoms with Crippen molar-refractivity contribution in [2.75, 3.05) is 26.4 Å². The van der Waals surface area contributed by atoms with E-state index in [0.29, 0.717) is 12.8 Å². The Labute approximate surface area is 630 Å². The lowest BCUT2D eigenvalue weighted by molar-refractivity contribution is -0.379. The smallest absolute Gasteiger partial charge is 0.220 e. The molecule has 596 valence electrons. The van der Waals surface area contributed by atoms with Gasteiger partial charge < -0.3 is 89.9 Å². The van der Waals surface area contributed by atoms with Gasteiger partial charge in [0.25, 0.3) is 0 Å². The van der Waals surface area contributed by atoms with Gasteiger partial charge in [0.2, 0.25) is 5.91 Å². The van der Waals surface area contributed by atoms with Crippen LogP contribution < -0.4 is 5.32 Å². The molecule has 0 aromatic rings. The van der Waals surface area contributed by atoms with Gasteiger partial charge in [0.1, 0.15) is 73.2 Å². The lowest BCUT2D eigenvalue weighted by Crippen LogP contribution is -2.66. The highest BCUT2D eigenvalue weighted by molar-refractivity contribution is 5.76. The molecule has 3 rings (SSSR count). The van der Waals surface area contributed by atoms with Crippen molar-refractivity contribution in [3.8, 4) is 0 Å². The third kappa shape index (κ3) is 43.8. The zero-order valence-electron chi connectivity index (χ0n) is 63.6. The minimum Gasteiger partial charge on any atom is -0.394 e. The molecule has 3 fully saturated rings. The predicted octanol–water partition coefficient (Wildman–Crippen LogP) is 13.4. The van der Waals surface area contributed by atoms with E-state index in [-0.39, 0.29) is 18.9 Å². The lowest BCUT2D eigenvalue weighted by atomic mass is 9.96. The van der Waals surface area contributed by atoms with E-state index in [1.807, 2.05) is 6.08 Å². The van der Waals surface area contributed by atoms with Crippen LogP contribution in [0.1, 0.15) is 232 Å². The molecule has 17 unspecified atom stereocenters. The molecule has 1 amide bonds. The van der Waals surface area contributed by atoms with Gasteiger partial charge in [-0.25, -0.2) is 0 Å². The molecule has 3 heterocycles. The molecule has 0 aliphatic carbocycles. The maximum atomic E-state index is 13.5. The summed E-state index contributed by atoms with van der Waals surface area (Å²) in [6.07, 6.45) is 69.0. The molecule has 105 heavy (non-hydrogen) atoms. The van der Waals surface area contributed by atoms with Crippen LogP contribution in [-0.4, -0.2) is 193 Å². The molecule has 17 atom stereocenters. The highest BCUT2D eigenvalue weighted by atomic mass is 16.8. The van der Waals surface area contributed by atoms with Crippen LogP contribution >= 0.6 is 0 Å². The second-order valence-electron chi connectivity index (χ2n) is 27.4. The molecule has 3 aliphatic heterocycles. The highest BCUT2D eigenvalue weighted by Crippen LogP contribution is 2.33. The third-order valence-corrected chi connectivity index (χ3v) is 18.5. The van der Waals surface area contributed by atoms with Gasteiger partial charge in [-0.3, -0.25) is 4.79 Å². The number of allylic oxidation sites excluding steroid dienone is 27. The SMILES string of the molecule is CC/C=C\C/C=C\C/C=C\C/C=C\C/C=C\C/C=C\C/C=C\C/C=C\C/C=C\C/C=C\C/C=C\CCCCCCCCCC(=O)NC(COC1OC(CO)C(OC2OC(CO)C(OC3OC(CO)C(O)C(O)C3O)C(O)C2O)C(O)C1O)C(O)/C=C/CC/C=C/CC/C=C/CCCCCCCCCCC. The number of rotatable bonds is 60. The van der Waals surface area contributed by atoms with Gasteiger partial charge in [-0.15, -0.1) is 0 Å². The van der Waals surface area contributed by atoms with Gasteiger partial charge in [0.15, 0.2) is 18.9 Å². The predicted molar refractivity (Wildman–Crippen MR) is 419 cm³/mol. The number of hydrogen-bond acceptors (Lipinski definition) is 18. The van der Waals surface area contributed by atoms with Crippen molar-refractivity contribution in [2.45, 2.75) is 336 Å². The van der Waals surface area contributed by atoms with Gasteiger partial charge in [0, 0.05) is 6.42 Å². The summed E-state index contributed by atoms with van der Waals surface area (Å²) in [5.74, 6) is -0.308. The quantitative estimate of drug-likeness (QED) is 0.0199. The van der Waals surface area contributed by atoms with Crippen LogP contribution in [0.4, 0.5) is 0 Å². The van der Waals surface area contributed by atoms with Gasteiger partial charge in [-0.1, -0.05) is 267 Å². The zero-order valence-corrected chi connectivity index (χ0v) is 63.6. The van der Waals surface area contributed by atoms with Crippen molar-refractivity contribution in [1.82, 2.24) is 5.32 Å². The number of aliphatic hydroxyl groups excluding tert-OH is 11. The molecule has 3 aliphatic rings. The van der Waals surface area contributed by atoms with Crippen molar-refractivity contribution in [3.63, 3.8) is 0 Å². The first kappa shape index (κ1) is 94.4. The Morgan fingerprint density at radius 3 is 1.07 bits per heavy atom. The second kappa shape index (κ2) is 64.0. The molecule has 0 saturated carbocycles. The average molecular weight is 1480 g/mol. The molecule has 12 N–H and O–H groups in total. The maximum absolute atomic E-state index is 13.5. The molecule has 0 bridgehead atoms. The summed E-state index contributed by atoms with van der Waals surface area (Å²) in [7, 11) is 0. The van der Waals surface area contributed by atoms with E-state index in [4.69, 9.17) is 28.4 Å². The first-order valence-electron chi connectivity index (χ1n) is 39.9. The van der Waals surface area contributed by atoms with Crippen molar-refractivity contribution < 1.29 is 89.4 Å². The normalized spacial score (nSPS) is 26.7. The molecule has 0 aromatic heterocycles. The highest BCUT2D eigenvalue weighted by Gasteiger charge is 2.53. The van der Waals surface area contributed by atoms with E-state index in [0.717, 1.165) is 141 Å². The van der Waals surface area contributed by atoms with Crippen LogP contribution in [0.5, 0.6) is 0 Å². The Kier molecular flexibility index (Phi) is 57.5. The topological polar surface area (TPSA) is 307 Å². The summed E-state index contributed by atoms with van der Waals surface area (Å²) >= 11 is 0. The number of carbonyl (C=O) groups excluding carboxylic acids is 1. The van der Waals surface area contributed by atoms with Gasteiger partial charge in [-0.2, -0.15) is 0 Å². The third-order valence-electron chi connectivity index (χ3n) is 18.5. The Morgan fingerprint density at radius 1 is 0.352 bits per heavy atom. The Balaban J connectivity index is 1.37. The molecule has 0 spiro atoms. The summed E-state index contributed by atoms with van der Waals surface area (Å²) < 4.78 is 34.4. The molecule has 19 nitrogen and oxygen atoms in total. The minimum absolute atomic E-state index is 0.208. The fraction of sp³-hybridized carbons (Fsp3) is 0.663.